The van der Waals surface area contributed by atoms with E-state index in [2.05, 4.69) is 10.3 Å². The third-order valence-electron chi connectivity index (χ3n) is 3.47. The van der Waals surface area contributed by atoms with E-state index < -0.39 is 13.0 Å². The molecule has 0 unspecified atom stereocenters. The van der Waals surface area contributed by atoms with Gasteiger partial charge < -0.3 is 14.8 Å². The van der Waals surface area contributed by atoms with Crippen LogP contribution in [0.15, 0.2) is 18.3 Å². The average molecular weight is 300 g/mol. The second-order valence-electron chi connectivity index (χ2n) is 4.96. The fourth-order valence-electron chi connectivity index (χ4n) is 2.20. The number of hydrogen-bond acceptors (Lipinski definition) is 4. The number of aromatic nitrogens is 1. The summed E-state index contributed by atoms with van der Waals surface area (Å²) in [6.45, 7) is -0.124. The van der Waals surface area contributed by atoms with Crippen molar-refractivity contribution in [2.24, 2.45) is 5.92 Å². The fourth-order valence-corrected chi connectivity index (χ4v) is 2.20. The van der Waals surface area contributed by atoms with Gasteiger partial charge in [0.15, 0.2) is 6.61 Å². The molecule has 5 nitrogen and oxygen atoms in total. The van der Waals surface area contributed by atoms with Gasteiger partial charge >= 0.3 is 0 Å². The first-order chi connectivity index (χ1) is 10.1. The van der Waals surface area contributed by atoms with Crippen LogP contribution in [0.4, 0.5) is 8.78 Å². The highest BCUT2D eigenvalue weighted by atomic mass is 19.3. The molecule has 0 bridgehead atoms. The van der Waals surface area contributed by atoms with Crippen LogP contribution in [0.2, 0.25) is 0 Å². The zero-order valence-electron chi connectivity index (χ0n) is 11.7. The van der Waals surface area contributed by atoms with Crippen LogP contribution < -0.4 is 10.1 Å². The minimum atomic E-state index is -2.57. The third kappa shape index (κ3) is 4.35. The van der Waals surface area contributed by atoms with Gasteiger partial charge in [-0.05, 0) is 18.9 Å². The lowest BCUT2D eigenvalue weighted by Crippen LogP contribution is -2.48. The summed E-state index contributed by atoms with van der Waals surface area (Å²) in [6.07, 6.45) is 0.731. The quantitative estimate of drug-likeness (QED) is 0.835. The van der Waals surface area contributed by atoms with Crippen molar-refractivity contribution in [3.05, 3.63) is 23.9 Å². The van der Waals surface area contributed by atoms with Gasteiger partial charge in [-0.2, -0.15) is 0 Å². The number of rotatable bonds is 7. The molecule has 0 spiro atoms. The monoisotopic (exact) mass is 300 g/mol. The Bertz CT molecular complexity index is 485. The van der Waals surface area contributed by atoms with Crippen molar-refractivity contribution in [3.8, 4) is 5.88 Å². The maximum atomic E-state index is 12.1. The summed E-state index contributed by atoms with van der Waals surface area (Å²) in [5.41, 5.74) is 0.345. The lowest BCUT2D eigenvalue weighted by molar-refractivity contribution is 0.0669. The number of pyridine rings is 1. The molecule has 7 heteroatoms. The molecule has 1 aliphatic carbocycles. The summed E-state index contributed by atoms with van der Waals surface area (Å²) in [4.78, 5) is 15.9. The minimum Gasteiger partial charge on any atom is -0.472 e. The molecule has 0 saturated heterocycles. The summed E-state index contributed by atoms with van der Waals surface area (Å²) < 4.78 is 34.0. The van der Waals surface area contributed by atoms with Gasteiger partial charge in [-0.25, -0.2) is 13.8 Å². The Kier molecular flexibility index (Phi) is 5.44. The van der Waals surface area contributed by atoms with Crippen molar-refractivity contribution >= 4 is 5.91 Å². The predicted octanol–water partition coefficient (Wildman–Crippen LogP) is 1.88. The lowest BCUT2D eigenvalue weighted by atomic mass is 9.80. The van der Waals surface area contributed by atoms with E-state index >= 15 is 0 Å². The number of ether oxygens (including phenoxy) is 2. The molecule has 21 heavy (non-hydrogen) atoms. The number of nitrogens with zero attached hydrogens (tertiary/aromatic N) is 1. The average Bonchev–Trinajstić information content (AvgIpc) is 2.47. The first kappa shape index (κ1) is 15.6. The van der Waals surface area contributed by atoms with Crippen LogP contribution in [0.25, 0.3) is 0 Å². The SMILES string of the molecule is COC[C@H]1CC[C@H]1NC(=O)c1ccnc(OCC(F)F)c1. The highest BCUT2D eigenvalue weighted by Gasteiger charge is 2.32. The van der Waals surface area contributed by atoms with Gasteiger partial charge in [-0.3, -0.25) is 4.79 Å². The molecule has 2 atom stereocenters. The number of methoxy groups -OCH3 is 1. The molecule has 1 N–H and O–H groups in total. The summed E-state index contributed by atoms with van der Waals surface area (Å²) >= 11 is 0. The Morgan fingerprint density at radius 3 is 2.95 bits per heavy atom. The van der Waals surface area contributed by atoms with Gasteiger partial charge in [0.1, 0.15) is 0 Å². The topological polar surface area (TPSA) is 60.5 Å². The van der Waals surface area contributed by atoms with Gasteiger partial charge in [0.05, 0.1) is 6.61 Å². The molecule has 1 amide bonds. The molecule has 1 aromatic rings. The van der Waals surface area contributed by atoms with E-state index in [9.17, 15) is 13.6 Å². The number of alkyl halides is 2. The number of carbonyl (C=O) groups excluding carboxylic acids is 1. The number of hydrogen-bond donors (Lipinski definition) is 1. The van der Waals surface area contributed by atoms with Crippen LogP contribution in [0.1, 0.15) is 23.2 Å². The standard InChI is InChI=1S/C14H18F2N2O3/c1-20-7-10-2-3-11(10)18-14(19)9-4-5-17-13(6-9)21-8-12(15)16/h4-6,10-12H,2-3,7-8H2,1H3,(H,18,19)/t10-,11-/m1/s1. The van der Waals surface area contributed by atoms with Crippen LogP contribution in [0.3, 0.4) is 0 Å². The predicted molar refractivity (Wildman–Crippen MR) is 71.6 cm³/mol. The van der Waals surface area contributed by atoms with E-state index in [0.29, 0.717) is 18.1 Å². The van der Waals surface area contributed by atoms with Crippen LogP contribution in [-0.4, -0.2) is 43.7 Å². The molecule has 1 aliphatic rings. The van der Waals surface area contributed by atoms with Gasteiger partial charge in [-0.1, -0.05) is 0 Å². The molecule has 1 heterocycles. The van der Waals surface area contributed by atoms with Crippen LogP contribution in [-0.2, 0) is 4.74 Å². The number of amides is 1. The highest BCUT2D eigenvalue weighted by molar-refractivity contribution is 5.94. The molecule has 116 valence electrons. The van der Waals surface area contributed by atoms with Gasteiger partial charge in [0.2, 0.25) is 5.88 Å². The van der Waals surface area contributed by atoms with Crippen molar-refractivity contribution in [2.75, 3.05) is 20.3 Å². The largest absolute Gasteiger partial charge is 0.472 e. The molecular weight excluding hydrogens is 282 g/mol. The van der Waals surface area contributed by atoms with Crippen molar-refractivity contribution in [2.45, 2.75) is 25.3 Å². The maximum absolute atomic E-state index is 12.1. The smallest absolute Gasteiger partial charge is 0.272 e. The van der Waals surface area contributed by atoms with Gasteiger partial charge in [0, 0.05) is 36.9 Å². The first-order valence-corrected chi connectivity index (χ1v) is 6.77. The Morgan fingerprint density at radius 2 is 2.33 bits per heavy atom. The highest BCUT2D eigenvalue weighted by Crippen LogP contribution is 2.27. The van der Waals surface area contributed by atoms with E-state index in [1.54, 1.807) is 7.11 Å². The van der Waals surface area contributed by atoms with Crippen molar-refractivity contribution < 1.29 is 23.0 Å². The van der Waals surface area contributed by atoms with Crippen molar-refractivity contribution in [3.63, 3.8) is 0 Å². The maximum Gasteiger partial charge on any atom is 0.272 e. The lowest BCUT2D eigenvalue weighted by Gasteiger charge is -2.36. The molecule has 1 saturated carbocycles. The molecule has 1 fully saturated rings. The molecule has 2 rings (SSSR count). The molecule has 0 aliphatic heterocycles. The number of halogens is 2. The zero-order valence-corrected chi connectivity index (χ0v) is 11.7. The van der Waals surface area contributed by atoms with Crippen LogP contribution in [0, 0.1) is 5.92 Å². The van der Waals surface area contributed by atoms with E-state index in [0.717, 1.165) is 12.8 Å². The van der Waals surface area contributed by atoms with Crippen LogP contribution in [0.5, 0.6) is 5.88 Å². The Balaban J connectivity index is 1.91. The van der Waals surface area contributed by atoms with Crippen molar-refractivity contribution in [1.29, 1.82) is 0 Å². The summed E-state index contributed by atoms with van der Waals surface area (Å²) in [7, 11) is 1.63. The molecule has 1 aromatic heterocycles. The Labute approximate surface area is 121 Å². The molecule has 0 radical (unpaired) electrons. The summed E-state index contributed by atoms with van der Waals surface area (Å²) in [5.74, 6) is 0.0884. The van der Waals surface area contributed by atoms with Crippen LogP contribution >= 0.6 is 0 Å². The molecule has 0 aromatic carbocycles. The number of nitrogens with one attached hydrogen (secondary N) is 1. The number of carbonyl (C=O) groups is 1. The summed E-state index contributed by atoms with van der Waals surface area (Å²) in [5, 5.41) is 2.91. The van der Waals surface area contributed by atoms with E-state index in [1.165, 1.54) is 18.3 Å². The molecular formula is C14H18F2N2O3. The van der Waals surface area contributed by atoms with Gasteiger partial charge in [-0.15, -0.1) is 0 Å². The van der Waals surface area contributed by atoms with E-state index in [1.807, 2.05) is 0 Å². The Morgan fingerprint density at radius 1 is 1.52 bits per heavy atom. The second kappa shape index (κ2) is 7.31. The first-order valence-electron chi connectivity index (χ1n) is 6.77. The second-order valence-corrected chi connectivity index (χ2v) is 4.96. The normalized spacial score (nSPS) is 21.0. The fraction of sp³-hybridized carbons (Fsp3) is 0.571. The van der Waals surface area contributed by atoms with Crippen molar-refractivity contribution in [1.82, 2.24) is 10.3 Å². The third-order valence-corrected chi connectivity index (χ3v) is 3.47. The summed E-state index contributed by atoms with van der Waals surface area (Å²) in [6, 6.07) is 2.98. The zero-order chi connectivity index (χ0) is 15.2. The van der Waals surface area contributed by atoms with E-state index in [-0.39, 0.29) is 17.8 Å². The van der Waals surface area contributed by atoms with Gasteiger partial charge in [0.25, 0.3) is 12.3 Å². The minimum absolute atomic E-state index is 0.0185. The Hall–Kier alpha value is -1.76. The van der Waals surface area contributed by atoms with E-state index in [4.69, 9.17) is 9.47 Å².